The van der Waals surface area contributed by atoms with Crippen molar-refractivity contribution >= 4 is 17.3 Å². The highest BCUT2D eigenvalue weighted by atomic mass is 16.3. The lowest BCUT2D eigenvalue weighted by Gasteiger charge is -1.99. The highest BCUT2D eigenvalue weighted by Crippen LogP contribution is 2.23. The molecule has 0 fully saturated rings. The number of carbonyl (C=O) groups excluding carboxylic acids is 1. The van der Waals surface area contributed by atoms with E-state index >= 15 is 0 Å². The van der Waals surface area contributed by atoms with E-state index in [1.165, 1.54) is 12.1 Å². The van der Waals surface area contributed by atoms with Crippen LogP contribution in [0.2, 0.25) is 0 Å². The topological polar surface area (TPSA) is 88.0 Å². The predicted molar refractivity (Wildman–Crippen MR) is 67.2 cm³/mol. The van der Waals surface area contributed by atoms with Crippen LogP contribution in [0.4, 0.5) is 11.4 Å². The summed E-state index contributed by atoms with van der Waals surface area (Å²) in [7, 11) is 0. The third kappa shape index (κ3) is 2.70. The van der Waals surface area contributed by atoms with Crippen LogP contribution < -0.4 is 5.73 Å². The molecule has 0 aromatic heterocycles. The highest BCUT2D eigenvalue weighted by Gasteiger charge is 2.05. The first kappa shape index (κ1) is 11.8. The maximum Gasteiger partial charge on any atom is 0.250 e. The second kappa shape index (κ2) is 5.09. The van der Waals surface area contributed by atoms with Gasteiger partial charge in [-0.05, 0) is 36.4 Å². The molecule has 0 atom stereocenters. The number of nitrogens with two attached hydrogens (primary N) is 1. The molecule has 2 aromatic rings. The molecule has 0 radical (unpaired) electrons. The Kier molecular flexibility index (Phi) is 3.33. The Balaban J connectivity index is 2.29. The van der Waals surface area contributed by atoms with Gasteiger partial charge in [0, 0.05) is 0 Å². The lowest BCUT2D eigenvalue weighted by Crippen LogP contribution is -2.10. The van der Waals surface area contributed by atoms with Crippen molar-refractivity contribution < 1.29 is 9.90 Å². The normalized spacial score (nSPS) is 10.7. The summed E-state index contributed by atoms with van der Waals surface area (Å²) in [5, 5.41) is 17.1. The molecular formula is C13H11N3O2. The van der Waals surface area contributed by atoms with Crippen LogP contribution in [0.5, 0.6) is 5.75 Å². The number of aromatic hydroxyl groups is 1. The van der Waals surface area contributed by atoms with Crippen LogP contribution in [0.1, 0.15) is 10.4 Å². The molecule has 0 bridgehead atoms. The molecule has 1 amide bonds. The lowest BCUT2D eigenvalue weighted by atomic mass is 10.2. The van der Waals surface area contributed by atoms with Crippen molar-refractivity contribution in [2.24, 2.45) is 16.0 Å². The second-order valence-electron chi connectivity index (χ2n) is 3.60. The minimum atomic E-state index is -0.546. The number of phenolic OH excluding ortho intramolecular Hbond substituents is 1. The molecule has 90 valence electrons. The largest absolute Gasteiger partial charge is 0.508 e. The molecule has 2 rings (SSSR count). The summed E-state index contributed by atoms with van der Waals surface area (Å²) < 4.78 is 0. The maximum absolute atomic E-state index is 11.2. The number of benzene rings is 2. The molecule has 5 nitrogen and oxygen atoms in total. The van der Waals surface area contributed by atoms with Crippen LogP contribution in [0.25, 0.3) is 0 Å². The molecule has 0 spiro atoms. The van der Waals surface area contributed by atoms with Gasteiger partial charge in [0.2, 0.25) is 0 Å². The first-order valence-electron chi connectivity index (χ1n) is 5.26. The van der Waals surface area contributed by atoms with Crippen molar-refractivity contribution in [3.63, 3.8) is 0 Å². The zero-order valence-corrected chi connectivity index (χ0v) is 9.45. The van der Waals surface area contributed by atoms with Crippen LogP contribution in [0, 0.1) is 0 Å². The molecule has 3 N–H and O–H groups in total. The summed E-state index contributed by atoms with van der Waals surface area (Å²) in [4.78, 5) is 11.2. The van der Waals surface area contributed by atoms with Gasteiger partial charge in [0.1, 0.15) is 5.75 Å². The fraction of sp³-hybridized carbons (Fsp3) is 0. The van der Waals surface area contributed by atoms with Gasteiger partial charge < -0.3 is 10.8 Å². The minimum absolute atomic E-state index is 0.159. The van der Waals surface area contributed by atoms with Gasteiger partial charge in [-0.2, -0.15) is 5.11 Å². The van der Waals surface area contributed by atoms with E-state index < -0.39 is 5.91 Å². The van der Waals surface area contributed by atoms with Crippen LogP contribution in [0.15, 0.2) is 58.8 Å². The molecular weight excluding hydrogens is 230 g/mol. The predicted octanol–water partition coefficient (Wildman–Crippen LogP) is 2.91. The molecule has 0 heterocycles. The Labute approximate surface area is 104 Å². The molecule has 0 unspecified atom stereocenters. The summed E-state index contributed by atoms with van der Waals surface area (Å²) in [6.45, 7) is 0. The summed E-state index contributed by atoms with van der Waals surface area (Å²) in [5.41, 5.74) is 6.54. The average molecular weight is 241 g/mol. The van der Waals surface area contributed by atoms with Gasteiger partial charge >= 0.3 is 0 Å². The zero-order valence-electron chi connectivity index (χ0n) is 9.45. The van der Waals surface area contributed by atoms with Gasteiger partial charge in [0.15, 0.2) is 0 Å². The van der Waals surface area contributed by atoms with E-state index in [-0.39, 0.29) is 5.75 Å². The molecule has 0 saturated carbocycles. The van der Waals surface area contributed by atoms with Gasteiger partial charge in [0.25, 0.3) is 5.91 Å². The van der Waals surface area contributed by atoms with E-state index in [0.29, 0.717) is 16.9 Å². The fourth-order valence-corrected chi connectivity index (χ4v) is 1.40. The quantitative estimate of drug-likeness (QED) is 0.809. The third-order valence-corrected chi connectivity index (χ3v) is 2.29. The number of hydrogen-bond acceptors (Lipinski definition) is 4. The number of phenols is 1. The maximum atomic E-state index is 11.2. The summed E-state index contributed by atoms with van der Waals surface area (Å²) in [6.07, 6.45) is 0. The molecule has 0 aliphatic heterocycles. The van der Waals surface area contributed by atoms with Crippen molar-refractivity contribution in [2.75, 3.05) is 0 Å². The Hall–Kier alpha value is -2.69. The molecule has 0 aliphatic rings. The SMILES string of the molecule is NC(=O)c1ccccc1/N=N/c1ccc(O)cc1. The van der Waals surface area contributed by atoms with E-state index in [0.717, 1.165) is 0 Å². The summed E-state index contributed by atoms with van der Waals surface area (Å²) in [5.74, 6) is -0.387. The standard InChI is InChI=1S/C13H11N3O2/c14-13(18)11-3-1-2-4-12(11)16-15-9-5-7-10(17)8-6-9/h1-8,17H,(H2,14,18)/b16-15+. The van der Waals surface area contributed by atoms with Crippen molar-refractivity contribution in [3.8, 4) is 5.75 Å². The number of azo groups is 1. The highest BCUT2D eigenvalue weighted by molar-refractivity contribution is 5.97. The Morgan fingerprint density at radius 1 is 1.00 bits per heavy atom. The monoisotopic (exact) mass is 241 g/mol. The van der Waals surface area contributed by atoms with Crippen LogP contribution >= 0.6 is 0 Å². The minimum Gasteiger partial charge on any atom is -0.508 e. The van der Waals surface area contributed by atoms with Crippen molar-refractivity contribution in [3.05, 3.63) is 54.1 Å². The first-order valence-corrected chi connectivity index (χ1v) is 5.26. The summed E-state index contributed by atoms with van der Waals surface area (Å²) in [6, 6.07) is 13.0. The van der Waals surface area contributed by atoms with E-state index in [1.54, 1.807) is 36.4 Å². The van der Waals surface area contributed by atoms with Crippen molar-refractivity contribution in [2.45, 2.75) is 0 Å². The van der Waals surface area contributed by atoms with Crippen molar-refractivity contribution in [1.29, 1.82) is 0 Å². The molecule has 5 heteroatoms. The van der Waals surface area contributed by atoms with E-state index in [2.05, 4.69) is 10.2 Å². The molecule has 18 heavy (non-hydrogen) atoms. The lowest BCUT2D eigenvalue weighted by molar-refractivity contribution is 0.100. The van der Waals surface area contributed by atoms with Gasteiger partial charge in [-0.1, -0.05) is 12.1 Å². The van der Waals surface area contributed by atoms with Gasteiger partial charge in [-0.3, -0.25) is 4.79 Å². The molecule has 0 saturated heterocycles. The molecule has 0 aliphatic carbocycles. The van der Waals surface area contributed by atoms with Gasteiger partial charge in [0.05, 0.1) is 16.9 Å². The van der Waals surface area contributed by atoms with Gasteiger partial charge in [-0.15, -0.1) is 5.11 Å². The zero-order chi connectivity index (χ0) is 13.0. The number of hydrogen-bond donors (Lipinski definition) is 2. The number of primary amides is 1. The second-order valence-corrected chi connectivity index (χ2v) is 3.60. The molecule has 2 aromatic carbocycles. The number of nitrogens with zero attached hydrogens (tertiary/aromatic N) is 2. The number of rotatable bonds is 3. The van der Waals surface area contributed by atoms with Crippen LogP contribution in [0.3, 0.4) is 0 Å². The van der Waals surface area contributed by atoms with Crippen LogP contribution in [-0.4, -0.2) is 11.0 Å². The fourth-order valence-electron chi connectivity index (χ4n) is 1.40. The first-order chi connectivity index (χ1) is 8.66. The Morgan fingerprint density at radius 3 is 2.33 bits per heavy atom. The van der Waals surface area contributed by atoms with Crippen molar-refractivity contribution in [1.82, 2.24) is 0 Å². The smallest absolute Gasteiger partial charge is 0.250 e. The number of amides is 1. The summed E-state index contributed by atoms with van der Waals surface area (Å²) >= 11 is 0. The van der Waals surface area contributed by atoms with E-state index in [4.69, 9.17) is 10.8 Å². The Bertz CT molecular complexity index is 591. The van der Waals surface area contributed by atoms with E-state index in [1.807, 2.05) is 0 Å². The van der Waals surface area contributed by atoms with Gasteiger partial charge in [-0.25, -0.2) is 0 Å². The third-order valence-electron chi connectivity index (χ3n) is 2.29. The number of carbonyl (C=O) groups is 1. The van der Waals surface area contributed by atoms with E-state index in [9.17, 15) is 4.79 Å². The average Bonchev–Trinajstić information content (AvgIpc) is 2.38. The Morgan fingerprint density at radius 2 is 1.67 bits per heavy atom. The van der Waals surface area contributed by atoms with Crippen LogP contribution in [-0.2, 0) is 0 Å².